The van der Waals surface area contributed by atoms with Crippen LogP contribution in [0.15, 0.2) is 15.9 Å². The fraction of sp³-hybridized carbons (Fsp3) is 0.500. The first-order chi connectivity index (χ1) is 9.09. The minimum Gasteiger partial charge on any atom is -0.133 e. The third-order valence-electron chi connectivity index (χ3n) is 0.818. The number of hydrogen-bond acceptors (Lipinski definition) is 1. The molecule has 0 aliphatic heterocycles. The maximum absolute atomic E-state index is 8.11. The van der Waals surface area contributed by atoms with Crippen molar-refractivity contribution in [2.45, 2.75) is 26.0 Å². The van der Waals surface area contributed by atoms with Crippen LogP contribution in [-0.2, 0) is 0 Å². The first kappa shape index (κ1) is 1.91. The Morgan fingerprint density at radius 3 is 3.50 bits per heavy atom. The number of halogens is 1. The van der Waals surface area contributed by atoms with Crippen molar-refractivity contribution in [1.29, 1.82) is 0 Å². The summed E-state index contributed by atoms with van der Waals surface area (Å²) >= 11 is 3.45. The fourth-order valence-corrected chi connectivity index (χ4v) is 1.54. The summed E-state index contributed by atoms with van der Waals surface area (Å²) < 4.78 is 82.8. The number of hydrogen-bond donors (Lipinski definition) is 0. The van der Waals surface area contributed by atoms with E-state index in [0.717, 1.165) is 0 Å². The maximum Gasteiger partial charge on any atom is 0.0701 e. The van der Waals surface area contributed by atoms with Crippen molar-refractivity contribution in [3.05, 3.63) is 20.7 Å². The summed E-state index contributed by atoms with van der Waals surface area (Å²) in [5.74, 6) is -3.19. The molecule has 0 spiro atoms. The van der Waals surface area contributed by atoms with E-state index >= 15 is 0 Å². The summed E-state index contributed by atoms with van der Waals surface area (Å²) in [6.07, 6.45) is -3.43. The summed E-state index contributed by atoms with van der Waals surface area (Å²) in [6.45, 7) is -6.72. The number of rotatable bonds is 2. The van der Waals surface area contributed by atoms with Crippen LogP contribution in [0.2, 0.25) is 0 Å². The van der Waals surface area contributed by atoms with Gasteiger partial charge in [0.05, 0.1) is 6.53 Å². The van der Waals surface area contributed by atoms with Gasteiger partial charge in [-0.2, -0.15) is 0 Å². The van der Waals surface area contributed by atoms with Gasteiger partial charge in [-0.1, -0.05) is 13.7 Å². The van der Waals surface area contributed by atoms with Crippen LogP contribution in [-0.4, -0.2) is 0 Å². The Morgan fingerprint density at radius 2 is 3.00 bits per heavy atom. The van der Waals surface area contributed by atoms with Crippen LogP contribution in [0, 0.1) is 0 Å². The van der Waals surface area contributed by atoms with Crippen LogP contribution in [0.1, 0.15) is 45.9 Å². The van der Waals surface area contributed by atoms with Crippen LogP contribution in [0.25, 0.3) is 0 Å². The quantitative estimate of drug-likeness (QED) is 0.719. The minimum atomic E-state index is -3.43. The standard InChI is InChI=1S/C8H11BrS/c1-3-6(2)7-4-5-8(9)10-7/h4-6H,3H2,1-2H3/i1D3,2D3,3D2,4D,5D,6D. The Labute approximate surface area is 89.9 Å². The van der Waals surface area contributed by atoms with Crippen molar-refractivity contribution in [3.8, 4) is 0 Å². The molecule has 1 atom stereocenters. The molecule has 10 heavy (non-hydrogen) atoms. The van der Waals surface area contributed by atoms with E-state index in [1.54, 1.807) is 0 Å². The Balaban J connectivity index is 3.76. The molecule has 1 heterocycles. The van der Waals surface area contributed by atoms with Gasteiger partial charge < -0.3 is 0 Å². The lowest BCUT2D eigenvalue weighted by Crippen LogP contribution is -1.84. The predicted octanol–water partition coefficient (Wildman–Crippen LogP) is 4.02. The molecule has 2 heteroatoms. The summed E-state index contributed by atoms with van der Waals surface area (Å²) in [4.78, 5) is -0.611. The molecule has 0 aliphatic carbocycles. The molecule has 0 radical (unpaired) electrons. The van der Waals surface area contributed by atoms with Crippen molar-refractivity contribution in [1.82, 2.24) is 0 Å². The monoisotopic (exact) mass is 229 g/mol. The molecule has 0 saturated carbocycles. The third kappa shape index (κ3) is 1.83. The number of thiophene rings is 1. The van der Waals surface area contributed by atoms with E-state index < -0.39 is 42.9 Å². The average Bonchev–Trinajstić information content (AvgIpc) is 2.53. The molecular formula is C8H11BrS. The van der Waals surface area contributed by atoms with Crippen molar-refractivity contribution in [2.24, 2.45) is 0 Å². The lowest BCUT2D eigenvalue weighted by molar-refractivity contribution is 0.748. The van der Waals surface area contributed by atoms with Crippen molar-refractivity contribution in [2.75, 3.05) is 0 Å². The molecular weight excluding hydrogens is 208 g/mol. The SMILES string of the molecule is [2H]c1c(Br)sc(C([2H])(C([2H])([2H])[2H])C([2H])([2H])C([2H])([2H])[2H])c1[2H]. The zero-order valence-corrected chi connectivity index (χ0v) is 7.19. The summed E-state index contributed by atoms with van der Waals surface area (Å²) in [5, 5.41) is 0. The van der Waals surface area contributed by atoms with Crippen molar-refractivity contribution >= 4 is 27.3 Å². The Bertz CT molecular complexity index is 542. The van der Waals surface area contributed by atoms with Gasteiger partial charge >= 0.3 is 0 Å². The Hall–Kier alpha value is 0.180. The van der Waals surface area contributed by atoms with Gasteiger partial charge in [0.1, 0.15) is 0 Å². The summed E-state index contributed by atoms with van der Waals surface area (Å²) in [7, 11) is 0. The van der Waals surface area contributed by atoms with Gasteiger partial charge in [0.15, 0.2) is 0 Å². The van der Waals surface area contributed by atoms with Gasteiger partial charge in [0.2, 0.25) is 0 Å². The molecule has 1 rings (SSSR count). The van der Waals surface area contributed by atoms with Crippen molar-refractivity contribution in [3.63, 3.8) is 0 Å². The van der Waals surface area contributed by atoms with Crippen LogP contribution in [0.3, 0.4) is 0 Å². The molecule has 1 aromatic heterocycles. The second kappa shape index (κ2) is 3.54. The highest BCUT2D eigenvalue weighted by molar-refractivity contribution is 9.11. The maximum atomic E-state index is 8.11. The molecule has 1 aromatic rings. The third-order valence-corrected chi connectivity index (χ3v) is 2.29. The normalized spacial score (nSPS) is 36.7. The lowest BCUT2D eigenvalue weighted by Gasteiger charge is -2.02. The van der Waals surface area contributed by atoms with E-state index in [9.17, 15) is 0 Å². The van der Waals surface area contributed by atoms with Gasteiger partial charge in [-0.25, -0.2) is 0 Å². The largest absolute Gasteiger partial charge is 0.133 e. The predicted molar refractivity (Wildman–Crippen MR) is 50.7 cm³/mol. The second-order valence-electron chi connectivity index (χ2n) is 1.45. The average molecular weight is 230 g/mol. The molecule has 0 amide bonds. The van der Waals surface area contributed by atoms with E-state index in [1.165, 1.54) is 0 Å². The molecule has 0 aromatic carbocycles. The molecule has 0 nitrogen and oxygen atoms in total. The summed E-state index contributed by atoms with van der Waals surface area (Å²) in [6, 6.07) is -1.07. The fourth-order valence-electron chi connectivity index (χ4n) is 0.417. The molecule has 0 saturated heterocycles. The highest BCUT2D eigenvalue weighted by Crippen LogP contribution is 2.29. The van der Waals surface area contributed by atoms with Gasteiger partial charge in [-0.3, -0.25) is 0 Å². The van der Waals surface area contributed by atoms with Crippen LogP contribution >= 0.6 is 27.3 Å². The Morgan fingerprint density at radius 1 is 2.10 bits per heavy atom. The Kier molecular flexibility index (Phi) is 0.676. The highest BCUT2D eigenvalue weighted by atomic mass is 79.9. The van der Waals surface area contributed by atoms with Gasteiger partial charge in [-0.15, -0.1) is 11.3 Å². The lowest BCUT2D eigenvalue weighted by atomic mass is 10.1. The van der Waals surface area contributed by atoms with Crippen molar-refractivity contribution < 1.29 is 15.1 Å². The van der Waals surface area contributed by atoms with E-state index in [-0.39, 0.29) is 3.79 Å². The molecule has 56 valence electrons. The van der Waals surface area contributed by atoms with Gasteiger partial charge in [0.25, 0.3) is 0 Å². The molecule has 0 fully saturated rings. The smallest absolute Gasteiger partial charge is 0.0701 e. The zero-order valence-electron chi connectivity index (χ0n) is 15.8. The molecule has 0 aliphatic rings. The van der Waals surface area contributed by atoms with Crippen LogP contribution in [0.5, 0.6) is 0 Å². The topological polar surface area (TPSA) is 0 Å². The minimum absolute atomic E-state index is 0.0460. The van der Waals surface area contributed by atoms with Gasteiger partial charge in [0, 0.05) is 17.2 Å². The molecule has 1 unspecified atom stereocenters. The first-order valence-electron chi connectivity index (χ1n) is 7.85. The van der Waals surface area contributed by atoms with Crippen LogP contribution in [0.4, 0.5) is 0 Å². The van der Waals surface area contributed by atoms with E-state index in [0.29, 0.717) is 11.3 Å². The van der Waals surface area contributed by atoms with E-state index in [4.69, 9.17) is 15.1 Å². The molecule has 0 N–H and O–H groups in total. The van der Waals surface area contributed by atoms with Crippen LogP contribution < -0.4 is 0 Å². The van der Waals surface area contributed by atoms with E-state index in [2.05, 4.69) is 15.9 Å². The van der Waals surface area contributed by atoms with Gasteiger partial charge in [-0.05, 0) is 40.3 Å². The summed E-state index contributed by atoms with van der Waals surface area (Å²) in [5.41, 5.74) is 0. The first-order valence-corrected chi connectivity index (χ1v) is 3.96. The highest BCUT2D eigenvalue weighted by Gasteiger charge is 2.04. The second-order valence-corrected chi connectivity index (χ2v) is 3.79. The van der Waals surface area contributed by atoms with E-state index in [1.807, 2.05) is 0 Å². The zero-order chi connectivity index (χ0) is 17.0. The molecule has 0 bridgehead atoms.